The van der Waals surface area contributed by atoms with Crippen LogP contribution in [0.4, 0.5) is 5.69 Å². The lowest BCUT2D eigenvalue weighted by molar-refractivity contribution is -0.117. The van der Waals surface area contributed by atoms with Gasteiger partial charge < -0.3 is 9.84 Å². The first kappa shape index (κ1) is 18.5. The molecule has 0 saturated carbocycles. The quantitative estimate of drug-likeness (QED) is 0.539. The van der Waals surface area contributed by atoms with E-state index in [1.165, 1.54) is 12.1 Å². The Kier molecular flexibility index (Phi) is 5.12. The highest BCUT2D eigenvalue weighted by Crippen LogP contribution is 2.19. The standard InChI is InChI=1S/C19H13ClN6O3/c20-13-1-3-14(4-2-13)22-16(27)11-26-17(28)6-5-15(24-26)19-23-18(25-29-19)12-7-9-21-10-8-12/h1-10H,11H2,(H,22,27). The molecule has 3 heterocycles. The molecule has 0 saturated heterocycles. The van der Waals surface area contributed by atoms with E-state index >= 15 is 0 Å². The molecule has 144 valence electrons. The molecule has 0 fully saturated rings. The minimum Gasteiger partial charge on any atom is -0.332 e. The first-order chi connectivity index (χ1) is 14.1. The van der Waals surface area contributed by atoms with E-state index in [4.69, 9.17) is 16.1 Å². The maximum Gasteiger partial charge on any atom is 0.278 e. The molecule has 0 aliphatic heterocycles. The molecule has 0 atom stereocenters. The fourth-order valence-electron chi connectivity index (χ4n) is 2.49. The van der Waals surface area contributed by atoms with Gasteiger partial charge in [0.05, 0.1) is 0 Å². The number of hydrogen-bond acceptors (Lipinski definition) is 7. The van der Waals surface area contributed by atoms with Gasteiger partial charge in [0.2, 0.25) is 11.7 Å². The molecule has 3 aromatic heterocycles. The SMILES string of the molecule is O=C(Cn1nc(-c2nc(-c3ccncc3)no2)ccc1=O)Nc1ccc(Cl)cc1. The first-order valence-corrected chi connectivity index (χ1v) is 8.84. The summed E-state index contributed by atoms with van der Waals surface area (Å²) in [6.45, 7) is -0.277. The minimum absolute atomic E-state index is 0.128. The molecule has 0 unspecified atom stereocenters. The largest absolute Gasteiger partial charge is 0.332 e. The molecule has 0 aliphatic carbocycles. The Labute approximate surface area is 169 Å². The van der Waals surface area contributed by atoms with E-state index in [0.717, 1.165) is 10.2 Å². The maximum absolute atomic E-state index is 12.3. The Bertz CT molecular complexity index is 1200. The van der Waals surface area contributed by atoms with Gasteiger partial charge >= 0.3 is 0 Å². The number of hydrogen-bond donors (Lipinski definition) is 1. The van der Waals surface area contributed by atoms with Crippen LogP contribution in [0.25, 0.3) is 23.0 Å². The zero-order valence-corrected chi connectivity index (χ0v) is 15.6. The normalized spacial score (nSPS) is 10.7. The fraction of sp³-hybridized carbons (Fsp3) is 0.0526. The molecule has 0 bridgehead atoms. The van der Waals surface area contributed by atoms with Gasteiger partial charge in [0.25, 0.3) is 11.4 Å². The van der Waals surface area contributed by atoms with E-state index in [1.54, 1.807) is 48.8 Å². The lowest BCUT2D eigenvalue weighted by Gasteiger charge is -2.07. The van der Waals surface area contributed by atoms with E-state index in [2.05, 4.69) is 25.5 Å². The van der Waals surface area contributed by atoms with Crippen LogP contribution < -0.4 is 10.9 Å². The maximum atomic E-state index is 12.3. The van der Waals surface area contributed by atoms with Crippen molar-refractivity contribution in [2.24, 2.45) is 0 Å². The number of anilines is 1. The predicted octanol–water partition coefficient (Wildman–Crippen LogP) is 2.65. The van der Waals surface area contributed by atoms with Crippen molar-refractivity contribution in [3.05, 3.63) is 76.3 Å². The zero-order chi connectivity index (χ0) is 20.2. The Morgan fingerprint density at radius 2 is 1.83 bits per heavy atom. The Morgan fingerprint density at radius 1 is 1.07 bits per heavy atom. The van der Waals surface area contributed by atoms with Crippen molar-refractivity contribution in [3.8, 4) is 23.0 Å². The number of benzene rings is 1. The first-order valence-electron chi connectivity index (χ1n) is 8.46. The highest BCUT2D eigenvalue weighted by atomic mass is 35.5. The van der Waals surface area contributed by atoms with Crippen molar-refractivity contribution in [1.82, 2.24) is 24.9 Å². The number of nitrogens with one attached hydrogen (secondary N) is 1. The average Bonchev–Trinajstić information content (AvgIpc) is 3.22. The summed E-state index contributed by atoms with van der Waals surface area (Å²) < 4.78 is 6.26. The second-order valence-electron chi connectivity index (χ2n) is 5.93. The molecule has 0 radical (unpaired) electrons. The molecule has 4 aromatic rings. The highest BCUT2D eigenvalue weighted by Gasteiger charge is 2.14. The van der Waals surface area contributed by atoms with Crippen LogP contribution in [0.2, 0.25) is 5.02 Å². The Balaban J connectivity index is 1.53. The van der Waals surface area contributed by atoms with Gasteiger partial charge in [-0.05, 0) is 42.5 Å². The lowest BCUT2D eigenvalue weighted by atomic mass is 10.2. The molecule has 10 heteroatoms. The van der Waals surface area contributed by atoms with Crippen LogP contribution in [0.5, 0.6) is 0 Å². The van der Waals surface area contributed by atoms with Gasteiger partial charge in [0.1, 0.15) is 12.2 Å². The van der Waals surface area contributed by atoms with Crippen LogP contribution in [0, 0.1) is 0 Å². The summed E-state index contributed by atoms with van der Waals surface area (Å²) in [5.74, 6) is 0.0770. The molecule has 0 spiro atoms. The van der Waals surface area contributed by atoms with E-state index in [-0.39, 0.29) is 18.1 Å². The van der Waals surface area contributed by atoms with E-state index in [9.17, 15) is 9.59 Å². The monoisotopic (exact) mass is 408 g/mol. The van der Waals surface area contributed by atoms with Gasteiger partial charge in [-0.3, -0.25) is 14.6 Å². The number of carbonyl (C=O) groups excluding carboxylic acids is 1. The third-order valence-corrected chi connectivity index (χ3v) is 4.12. The predicted molar refractivity (Wildman–Crippen MR) is 105 cm³/mol. The number of halogens is 1. The molecular weight excluding hydrogens is 396 g/mol. The number of rotatable bonds is 5. The number of nitrogens with zero attached hydrogens (tertiary/aromatic N) is 5. The van der Waals surface area contributed by atoms with Crippen LogP contribution in [0.15, 0.2) is 70.2 Å². The molecule has 9 nitrogen and oxygen atoms in total. The van der Waals surface area contributed by atoms with Gasteiger partial charge in [-0.2, -0.15) is 10.1 Å². The third kappa shape index (κ3) is 4.36. The third-order valence-electron chi connectivity index (χ3n) is 3.87. The molecule has 1 N–H and O–H groups in total. The topological polar surface area (TPSA) is 116 Å². The molecule has 4 rings (SSSR count). The Hall–Kier alpha value is -3.85. The highest BCUT2D eigenvalue weighted by molar-refractivity contribution is 6.30. The molecule has 1 amide bonds. The summed E-state index contributed by atoms with van der Waals surface area (Å²) in [6, 6.07) is 12.8. The Morgan fingerprint density at radius 3 is 2.59 bits per heavy atom. The van der Waals surface area contributed by atoms with Crippen LogP contribution in [0.3, 0.4) is 0 Å². The number of pyridine rings is 1. The molecule has 0 aliphatic rings. The van der Waals surface area contributed by atoms with Gasteiger partial charge in [0.15, 0.2) is 0 Å². The molecule has 1 aromatic carbocycles. The number of aromatic nitrogens is 5. The molecular formula is C19H13ClN6O3. The number of carbonyl (C=O) groups is 1. The van der Waals surface area contributed by atoms with E-state index in [1.807, 2.05) is 0 Å². The summed E-state index contributed by atoms with van der Waals surface area (Å²) in [7, 11) is 0. The zero-order valence-electron chi connectivity index (χ0n) is 14.8. The van der Waals surface area contributed by atoms with E-state index in [0.29, 0.717) is 16.5 Å². The van der Waals surface area contributed by atoms with Crippen LogP contribution in [-0.2, 0) is 11.3 Å². The lowest BCUT2D eigenvalue weighted by Crippen LogP contribution is -2.29. The average molecular weight is 409 g/mol. The van der Waals surface area contributed by atoms with Gasteiger partial charge in [0, 0.05) is 34.7 Å². The summed E-state index contributed by atoms with van der Waals surface area (Å²) in [6.07, 6.45) is 3.23. The fourth-order valence-corrected chi connectivity index (χ4v) is 2.62. The van der Waals surface area contributed by atoms with Gasteiger partial charge in [-0.25, -0.2) is 4.68 Å². The van der Waals surface area contributed by atoms with Crippen molar-refractivity contribution in [3.63, 3.8) is 0 Å². The number of amides is 1. The van der Waals surface area contributed by atoms with Crippen molar-refractivity contribution in [1.29, 1.82) is 0 Å². The van der Waals surface area contributed by atoms with Crippen molar-refractivity contribution in [2.45, 2.75) is 6.54 Å². The summed E-state index contributed by atoms with van der Waals surface area (Å²) in [5, 5.41) is 11.3. The van der Waals surface area contributed by atoms with Crippen LogP contribution >= 0.6 is 11.6 Å². The van der Waals surface area contributed by atoms with Crippen molar-refractivity contribution in [2.75, 3.05) is 5.32 Å². The van der Waals surface area contributed by atoms with Gasteiger partial charge in [-0.1, -0.05) is 16.8 Å². The van der Waals surface area contributed by atoms with Gasteiger partial charge in [-0.15, -0.1) is 0 Å². The van der Waals surface area contributed by atoms with Crippen molar-refractivity contribution >= 4 is 23.2 Å². The minimum atomic E-state index is -0.436. The smallest absolute Gasteiger partial charge is 0.278 e. The second-order valence-corrected chi connectivity index (χ2v) is 6.36. The molecule has 29 heavy (non-hydrogen) atoms. The summed E-state index contributed by atoms with van der Waals surface area (Å²) in [5.41, 5.74) is 1.12. The second kappa shape index (κ2) is 8.03. The van der Waals surface area contributed by atoms with Crippen LogP contribution in [-0.4, -0.2) is 30.8 Å². The summed E-state index contributed by atoms with van der Waals surface area (Å²) >= 11 is 5.82. The van der Waals surface area contributed by atoms with Crippen LogP contribution in [0.1, 0.15) is 0 Å². The summed E-state index contributed by atoms with van der Waals surface area (Å²) in [4.78, 5) is 32.6. The van der Waals surface area contributed by atoms with Crippen molar-refractivity contribution < 1.29 is 9.32 Å². The van der Waals surface area contributed by atoms with E-state index < -0.39 is 11.5 Å².